The summed E-state index contributed by atoms with van der Waals surface area (Å²) in [5.74, 6) is -1.02. The molecule has 0 bridgehead atoms. The van der Waals surface area contributed by atoms with Crippen LogP contribution in [-0.2, 0) is 0 Å². The standard InChI is InChI=1S/C39H25N3O/c1-5-13-26(14-6-1)31-23-33(27-15-7-2-8-16-27)36-34(24-31)32-22-21-30(25-35(32)43-36)39-41-37(28-17-9-3-10-18-28)40-38(42-39)29-19-11-4-12-20-29/h1-25H/i2D,3D,4D,7D,8D,9D,10D,11D,12D,15D,16D,17D,18D,19D,20D. The third kappa shape index (κ3) is 4.65. The minimum atomic E-state index is -0.671. The summed E-state index contributed by atoms with van der Waals surface area (Å²) in [4.78, 5) is 13.3. The van der Waals surface area contributed by atoms with E-state index in [-0.39, 0.29) is 33.7 Å². The maximum Gasteiger partial charge on any atom is 0.164 e. The molecule has 2 heterocycles. The fourth-order valence-corrected chi connectivity index (χ4v) is 4.84. The molecule has 2 aromatic heterocycles. The molecule has 43 heavy (non-hydrogen) atoms. The number of furan rings is 1. The van der Waals surface area contributed by atoms with E-state index in [4.69, 9.17) is 25.0 Å². The number of hydrogen-bond donors (Lipinski definition) is 0. The first kappa shape index (κ1) is 13.9. The average Bonchev–Trinajstić information content (AvgIpc) is 3.60. The van der Waals surface area contributed by atoms with Crippen molar-refractivity contribution in [3.8, 4) is 56.4 Å². The highest BCUT2D eigenvalue weighted by Gasteiger charge is 2.17. The van der Waals surface area contributed by atoms with E-state index in [0.717, 1.165) is 5.56 Å². The highest BCUT2D eigenvalue weighted by Crippen LogP contribution is 2.40. The molecule has 0 amide bonds. The van der Waals surface area contributed by atoms with Crippen LogP contribution in [0.3, 0.4) is 0 Å². The molecule has 0 atom stereocenters. The van der Waals surface area contributed by atoms with Crippen LogP contribution in [0.15, 0.2) is 156 Å². The molecule has 202 valence electrons. The van der Waals surface area contributed by atoms with Crippen LogP contribution in [0, 0.1) is 0 Å². The summed E-state index contributed by atoms with van der Waals surface area (Å²) in [6, 6.07) is 8.62. The maximum absolute atomic E-state index is 8.76. The molecule has 8 aromatic rings. The summed E-state index contributed by atoms with van der Waals surface area (Å²) in [6.07, 6.45) is 0. The topological polar surface area (TPSA) is 51.8 Å². The van der Waals surface area contributed by atoms with Crippen molar-refractivity contribution in [2.45, 2.75) is 0 Å². The second-order valence-electron chi connectivity index (χ2n) is 9.39. The molecule has 0 saturated heterocycles. The van der Waals surface area contributed by atoms with Crippen molar-refractivity contribution in [1.29, 1.82) is 0 Å². The van der Waals surface area contributed by atoms with E-state index in [9.17, 15) is 0 Å². The first-order valence-electron chi connectivity index (χ1n) is 20.6. The van der Waals surface area contributed by atoms with Gasteiger partial charge in [0, 0.05) is 33.0 Å². The van der Waals surface area contributed by atoms with Gasteiger partial charge in [-0.1, -0.05) is 127 Å². The van der Waals surface area contributed by atoms with Crippen LogP contribution in [-0.4, -0.2) is 15.0 Å². The lowest BCUT2D eigenvalue weighted by Gasteiger charge is -2.08. The molecule has 6 aromatic carbocycles. The number of aromatic nitrogens is 3. The second kappa shape index (κ2) is 10.5. The Bertz CT molecular complexity index is 2900. The molecule has 0 spiro atoms. The molecule has 4 heteroatoms. The summed E-state index contributed by atoms with van der Waals surface area (Å²) in [6.45, 7) is 0. The third-order valence-electron chi connectivity index (χ3n) is 6.79. The van der Waals surface area contributed by atoms with Crippen molar-refractivity contribution in [2.75, 3.05) is 0 Å². The van der Waals surface area contributed by atoms with Gasteiger partial charge in [0.2, 0.25) is 0 Å². The Balaban J connectivity index is 1.42. The lowest BCUT2D eigenvalue weighted by molar-refractivity contribution is 0.670. The highest BCUT2D eigenvalue weighted by atomic mass is 16.3. The van der Waals surface area contributed by atoms with Crippen molar-refractivity contribution in [1.82, 2.24) is 15.0 Å². The normalized spacial score (nSPS) is 16.1. The van der Waals surface area contributed by atoms with E-state index in [1.165, 1.54) is 6.07 Å². The average molecular weight is 567 g/mol. The van der Waals surface area contributed by atoms with Gasteiger partial charge < -0.3 is 4.42 Å². The summed E-state index contributed by atoms with van der Waals surface area (Å²) < 4.78 is 132. The van der Waals surface area contributed by atoms with Crippen LogP contribution in [0.5, 0.6) is 0 Å². The molecular formula is C39H25N3O. The lowest BCUT2D eigenvalue weighted by Crippen LogP contribution is -2.00. The van der Waals surface area contributed by atoms with E-state index >= 15 is 0 Å². The van der Waals surface area contributed by atoms with Gasteiger partial charge >= 0.3 is 0 Å². The van der Waals surface area contributed by atoms with E-state index in [1.54, 1.807) is 18.2 Å². The van der Waals surface area contributed by atoms with Gasteiger partial charge in [-0.15, -0.1) is 0 Å². The smallest absolute Gasteiger partial charge is 0.164 e. The number of nitrogens with zero attached hydrogens (tertiary/aromatic N) is 3. The van der Waals surface area contributed by atoms with Crippen LogP contribution in [0.1, 0.15) is 20.6 Å². The minimum absolute atomic E-state index is 0.0722. The van der Waals surface area contributed by atoms with Crippen LogP contribution < -0.4 is 0 Å². The zero-order valence-corrected chi connectivity index (χ0v) is 22.0. The molecule has 0 unspecified atom stereocenters. The highest BCUT2D eigenvalue weighted by molar-refractivity contribution is 6.12. The van der Waals surface area contributed by atoms with Crippen LogP contribution >= 0.6 is 0 Å². The number of benzene rings is 6. The predicted molar refractivity (Wildman–Crippen MR) is 174 cm³/mol. The maximum atomic E-state index is 8.76. The van der Waals surface area contributed by atoms with Gasteiger partial charge in [0.05, 0.1) is 20.6 Å². The molecule has 0 aliphatic carbocycles. The molecule has 0 fully saturated rings. The fraction of sp³-hybridized carbons (Fsp3) is 0. The number of rotatable bonds is 5. The van der Waals surface area contributed by atoms with Crippen molar-refractivity contribution in [3.05, 3.63) is 151 Å². The number of hydrogen-bond acceptors (Lipinski definition) is 4. The van der Waals surface area contributed by atoms with Gasteiger partial charge in [-0.3, -0.25) is 0 Å². The molecule has 0 aliphatic rings. The van der Waals surface area contributed by atoms with Gasteiger partial charge in [-0.2, -0.15) is 0 Å². The van der Waals surface area contributed by atoms with E-state index in [2.05, 4.69) is 15.0 Å². The Morgan fingerprint density at radius 2 is 1.00 bits per heavy atom. The molecule has 4 nitrogen and oxygen atoms in total. The molecule has 0 aliphatic heterocycles. The van der Waals surface area contributed by atoms with Crippen molar-refractivity contribution < 1.29 is 25.0 Å². The quantitative estimate of drug-likeness (QED) is 0.208. The molecule has 0 saturated carbocycles. The van der Waals surface area contributed by atoms with Crippen LogP contribution in [0.2, 0.25) is 0 Å². The van der Waals surface area contributed by atoms with Crippen molar-refractivity contribution in [3.63, 3.8) is 0 Å². The first-order chi connectivity index (χ1) is 27.5. The van der Waals surface area contributed by atoms with Gasteiger partial charge in [0.15, 0.2) is 17.5 Å². The van der Waals surface area contributed by atoms with Crippen molar-refractivity contribution >= 4 is 21.9 Å². The Morgan fingerprint density at radius 3 is 1.60 bits per heavy atom. The lowest BCUT2D eigenvalue weighted by atomic mass is 9.95. The molecule has 0 radical (unpaired) electrons. The molecular weight excluding hydrogens is 526 g/mol. The van der Waals surface area contributed by atoms with Gasteiger partial charge in [-0.25, -0.2) is 15.0 Å². The Hall–Kier alpha value is -5.87. The predicted octanol–water partition coefficient (Wildman–Crippen LogP) is 10.1. The molecule has 8 rings (SSSR count). The summed E-state index contributed by atoms with van der Waals surface area (Å²) in [5.41, 5.74) is 1.47. The molecule has 0 N–H and O–H groups in total. The van der Waals surface area contributed by atoms with Crippen LogP contribution in [0.25, 0.3) is 78.4 Å². The number of fused-ring (bicyclic) bond motifs is 3. The SMILES string of the molecule is [2H]c1c([2H])c([2H])c(-c2nc(-c3ccc4c(c3)oc3c(-c5c([2H])c([2H])c([2H])c([2H])c5[2H])cc(-c5ccccc5)cc34)nc(-c3c([2H])c([2H])c([2H])c([2H])c3[2H])n2)c([2H])c1[2H]. The minimum Gasteiger partial charge on any atom is -0.455 e. The van der Waals surface area contributed by atoms with Gasteiger partial charge in [0.25, 0.3) is 0 Å². The summed E-state index contributed by atoms with van der Waals surface area (Å²) in [5, 5.41) is 1.09. The van der Waals surface area contributed by atoms with Gasteiger partial charge in [-0.05, 0) is 41.0 Å². The second-order valence-corrected chi connectivity index (χ2v) is 9.39. The summed E-state index contributed by atoms with van der Waals surface area (Å²) in [7, 11) is 0. The summed E-state index contributed by atoms with van der Waals surface area (Å²) >= 11 is 0. The van der Waals surface area contributed by atoms with Gasteiger partial charge in [0.1, 0.15) is 11.2 Å². The van der Waals surface area contributed by atoms with Crippen LogP contribution in [0.4, 0.5) is 0 Å². The zero-order chi connectivity index (χ0) is 41.6. The fourth-order valence-electron chi connectivity index (χ4n) is 4.84. The largest absolute Gasteiger partial charge is 0.455 e. The third-order valence-corrected chi connectivity index (χ3v) is 6.79. The Morgan fingerprint density at radius 1 is 0.442 bits per heavy atom. The van der Waals surface area contributed by atoms with Crippen molar-refractivity contribution in [2.24, 2.45) is 0 Å². The first-order valence-corrected chi connectivity index (χ1v) is 13.1. The van der Waals surface area contributed by atoms with E-state index in [0.29, 0.717) is 16.3 Å². The van der Waals surface area contributed by atoms with E-state index in [1.807, 2.05) is 36.4 Å². The van der Waals surface area contributed by atoms with E-state index < -0.39 is 113 Å². The Kier molecular flexibility index (Phi) is 3.39. The monoisotopic (exact) mass is 566 g/mol. The zero-order valence-electron chi connectivity index (χ0n) is 37.0. The Labute approximate surface area is 270 Å².